The molecule has 0 bridgehead atoms. The van der Waals surface area contributed by atoms with Crippen molar-refractivity contribution in [2.75, 3.05) is 5.01 Å². The lowest BCUT2D eigenvalue weighted by Gasteiger charge is -2.13. The van der Waals surface area contributed by atoms with Gasteiger partial charge in [-0.3, -0.25) is 15.0 Å². The minimum Gasteiger partial charge on any atom is -0.267 e. The second-order valence-corrected chi connectivity index (χ2v) is 7.61. The largest absolute Gasteiger partial charge is 0.282 e. The maximum absolute atomic E-state index is 12.9. The van der Waals surface area contributed by atoms with E-state index in [0.717, 1.165) is 16.3 Å². The molecule has 30 heavy (non-hydrogen) atoms. The smallest absolute Gasteiger partial charge is 0.267 e. The zero-order valence-electron chi connectivity index (χ0n) is 15.7. The fraction of sp³-hybridized carbons (Fsp3) is 0. The monoisotopic (exact) mass is 412 g/mol. The molecule has 0 saturated carbocycles. The third-order valence-electron chi connectivity index (χ3n) is 4.72. The summed E-state index contributed by atoms with van der Waals surface area (Å²) in [6, 6.07) is 22.7. The molecular formula is C23H16N4O2S. The van der Waals surface area contributed by atoms with E-state index in [1.54, 1.807) is 34.2 Å². The molecule has 0 radical (unpaired) electrons. The van der Waals surface area contributed by atoms with Gasteiger partial charge in [-0.2, -0.15) is 5.10 Å². The summed E-state index contributed by atoms with van der Waals surface area (Å²) in [5.41, 5.74) is 5.64. The van der Waals surface area contributed by atoms with Crippen LogP contribution in [0.25, 0.3) is 22.3 Å². The summed E-state index contributed by atoms with van der Waals surface area (Å²) in [4.78, 5) is 26.5. The third kappa shape index (κ3) is 3.21. The quantitative estimate of drug-likeness (QED) is 0.406. The molecule has 7 heteroatoms. The number of carbonyl (C=O) groups is 2. The predicted octanol–water partition coefficient (Wildman–Crippen LogP) is 4.06. The number of anilines is 1. The lowest BCUT2D eigenvalue weighted by Crippen LogP contribution is -2.35. The van der Waals surface area contributed by atoms with Gasteiger partial charge >= 0.3 is 0 Å². The van der Waals surface area contributed by atoms with E-state index >= 15 is 0 Å². The zero-order valence-corrected chi connectivity index (χ0v) is 16.5. The van der Waals surface area contributed by atoms with Crippen LogP contribution in [-0.4, -0.2) is 21.6 Å². The Hall–Kier alpha value is -3.97. The van der Waals surface area contributed by atoms with E-state index < -0.39 is 11.8 Å². The minimum absolute atomic E-state index is 0.0734. The maximum Gasteiger partial charge on any atom is 0.282 e. The highest BCUT2D eigenvalue weighted by Gasteiger charge is 2.34. The number of aromatic nitrogens is 2. The molecular weight excluding hydrogens is 396 g/mol. The fourth-order valence-corrected chi connectivity index (χ4v) is 4.01. The van der Waals surface area contributed by atoms with Crippen LogP contribution in [0.15, 0.2) is 89.9 Å². The first-order valence-electron chi connectivity index (χ1n) is 9.32. The minimum atomic E-state index is -0.437. The summed E-state index contributed by atoms with van der Waals surface area (Å²) in [5.74, 6) is -0.829. The van der Waals surface area contributed by atoms with E-state index in [4.69, 9.17) is 5.10 Å². The number of thiophene rings is 1. The molecule has 146 valence electrons. The van der Waals surface area contributed by atoms with Crippen LogP contribution in [0.1, 0.15) is 5.56 Å². The van der Waals surface area contributed by atoms with Gasteiger partial charge in [0, 0.05) is 11.8 Å². The van der Waals surface area contributed by atoms with Crippen molar-refractivity contribution >= 4 is 34.9 Å². The van der Waals surface area contributed by atoms with Crippen LogP contribution in [0.4, 0.5) is 5.69 Å². The van der Waals surface area contributed by atoms with Gasteiger partial charge < -0.3 is 0 Å². The fourth-order valence-electron chi connectivity index (χ4n) is 3.28. The van der Waals surface area contributed by atoms with Gasteiger partial charge in [0.15, 0.2) is 0 Å². The molecule has 1 aliphatic rings. The number of hydrogen-bond donors (Lipinski definition) is 1. The van der Waals surface area contributed by atoms with Gasteiger partial charge in [-0.25, -0.2) is 9.69 Å². The number of amides is 2. The first kappa shape index (κ1) is 18.1. The van der Waals surface area contributed by atoms with Crippen LogP contribution in [0.3, 0.4) is 0 Å². The van der Waals surface area contributed by atoms with Crippen molar-refractivity contribution in [3.63, 3.8) is 0 Å². The normalized spacial score (nSPS) is 15.1. The van der Waals surface area contributed by atoms with Crippen molar-refractivity contribution in [1.82, 2.24) is 15.2 Å². The van der Waals surface area contributed by atoms with Crippen molar-refractivity contribution in [2.45, 2.75) is 0 Å². The number of rotatable bonds is 4. The van der Waals surface area contributed by atoms with Gasteiger partial charge in [-0.1, -0.05) is 42.5 Å². The first-order valence-corrected chi connectivity index (χ1v) is 10.2. The van der Waals surface area contributed by atoms with Crippen molar-refractivity contribution in [3.05, 3.63) is 95.5 Å². The summed E-state index contributed by atoms with van der Waals surface area (Å²) in [6.45, 7) is 0. The Bertz CT molecular complexity index is 1250. The average Bonchev–Trinajstić information content (AvgIpc) is 3.51. The van der Waals surface area contributed by atoms with Gasteiger partial charge in [0.25, 0.3) is 11.8 Å². The van der Waals surface area contributed by atoms with Gasteiger partial charge in [0.1, 0.15) is 11.3 Å². The molecule has 0 spiro atoms. The Kier molecular flexibility index (Phi) is 4.49. The summed E-state index contributed by atoms with van der Waals surface area (Å²) in [7, 11) is 0. The Morgan fingerprint density at radius 1 is 0.867 bits per heavy atom. The molecule has 0 atom stereocenters. The highest BCUT2D eigenvalue weighted by Crippen LogP contribution is 2.30. The number of hydrazine groups is 1. The highest BCUT2D eigenvalue weighted by atomic mass is 32.1. The highest BCUT2D eigenvalue weighted by molar-refractivity contribution is 7.13. The van der Waals surface area contributed by atoms with Gasteiger partial charge in [0.2, 0.25) is 0 Å². The molecule has 1 N–H and O–H groups in total. The first-order chi connectivity index (χ1) is 14.7. The molecule has 2 aromatic carbocycles. The number of nitrogens with zero attached hydrogens (tertiary/aromatic N) is 3. The number of para-hydroxylation sites is 2. The van der Waals surface area contributed by atoms with E-state index in [1.807, 2.05) is 72.2 Å². The standard InChI is InChI=1S/C23H16N4O2S/c28-22-19(23(29)27(25-22)18-10-5-2-6-11-18)14-16-15-26(17-8-3-1-4-9-17)24-21(16)20-12-7-13-30-20/h1-15H,(H,25,28)/b19-14+. The molecule has 1 saturated heterocycles. The lowest BCUT2D eigenvalue weighted by molar-refractivity contribution is -0.117. The van der Waals surface area contributed by atoms with Crippen LogP contribution in [-0.2, 0) is 9.59 Å². The van der Waals surface area contributed by atoms with Crippen molar-refractivity contribution in [1.29, 1.82) is 0 Å². The molecule has 3 heterocycles. The van der Waals surface area contributed by atoms with Gasteiger partial charge in [-0.15, -0.1) is 11.3 Å². The summed E-state index contributed by atoms with van der Waals surface area (Å²) >= 11 is 1.55. The molecule has 2 aromatic heterocycles. The second-order valence-electron chi connectivity index (χ2n) is 6.67. The van der Waals surface area contributed by atoms with E-state index in [-0.39, 0.29) is 5.57 Å². The Morgan fingerprint density at radius 3 is 2.23 bits per heavy atom. The Labute approximate surface area is 176 Å². The summed E-state index contributed by atoms with van der Waals surface area (Å²) in [5, 5.41) is 7.95. The van der Waals surface area contributed by atoms with Crippen LogP contribution in [0, 0.1) is 0 Å². The molecule has 5 rings (SSSR count). The zero-order chi connectivity index (χ0) is 20.5. The van der Waals surface area contributed by atoms with Crippen molar-refractivity contribution in [3.8, 4) is 16.3 Å². The van der Waals surface area contributed by atoms with Crippen LogP contribution < -0.4 is 10.4 Å². The van der Waals surface area contributed by atoms with Crippen molar-refractivity contribution in [2.24, 2.45) is 0 Å². The Morgan fingerprint density at radius 2 is 1.57 bits per heavy atom. The van der Waals surface area contributed by atoms with E-state index in [9.17, 15) is 9.59 Å². The van der Waals surface area contributed by atoms with E-state index in [1.165, 1.54) is 5.01 Å². The average molecular weight is 412 g/mol. The SMILES string of the molecule is O=C1NN(c2ccccc2)C(=O)/C1=C/c1cn(-c2ccccc2)nc1-c1cccs1. The van der Waals surface area contributed by atoms with E-state index in [2.05, 4.69) is 5.43 Å². The lowest BCUT2D eigenvalue weighted by atomic mass is 10.1. The van der Waals surface area contributed by atoms with Crippen LogP contribution in [0.5, 0.6) is 0 Å². The summed E-state index contributed by atoms with van der Waals surface area (Å²) in [6.07, 6.45) is 3.45. The topological polar surface area (TPSA) is 67.2 Å². The number of carbonyl (C=O) groups excluding carboxylic acids is 2. The van der Waals surface area contributed by atoms with Crippen LogP contribution in [0.2, 0.25) is 0 Å². The molecule has 0 unspecified atom stereocenters. The molecule has 2 amide bonds. The maximum atomic E-state index is 12.9. The molecule has 6 nitrogen and oxygen atoms in total. The van der Waals surface area contributed by atoms with Crippen molar-refractivity contribution < 1.29 is 9.59 Å². The number of nitrogens with one attached hydrogen (secondary N) is 1. The van der Waals surface area contributed by atoms with E-state index in [0.29, 0.717) is 11.3 Å². The molecule has 1 aliphatic heterocycles. The molecule has 1 fully saturated rings. The second kappa shape index (κ2) is 7.46. The van der Waals surface area contributed by atoms with Crippen LogP contribution >= 0.6 is 11.3 Å². The Balaban J connectivity index is 1.58. The van der Waals surface area contributed by atoms with Gasteiger partial charge in [0.05, 0.1) is 16.3 Å². The predicted molar refractivity (Wildman–Crippen MR) is 117 cm³/mol. The third-order valence-corrected chi connectivity index (χ3v) is 5.60. The van der Waals surface area contributed by atoms with Gasteiger partial charge in [-0.05, 0) is 41.8 Å². The number of hydrogen-bond acceptors (Lipinski definition) is 4. The molecule has 0 aliphatic carbocycles. The number of benzene rings is 2. The summed E-state index contributed by atoms with van der Waals surface area (Å²) < 4.78 is 1.76. The molecule has 4 aromatic rings.